The van der Waals surface area contributed by atoms with Crippen LogP contribution < -0.4 is 5.32 Å². The van der Waals surface area contributed by atoms with Crippen LogP contribution >= 0.6 is 0 Å². The van der Waals surface area contributed by atoms with Gasteiger partial charge in [0.1, 0.15) is 13.2 Å². The molecular weight excluding hydrogens is 420 g/mol. The molecule has 0 saturated carbocycles. The molecule has 0 aliphatic heterocycles. The van der Waals surface area contributed by atoms with Gasteiger partial charge in [-0.25, -0.2) is 4.79 Å². The van der Waals surface area contributed by atoms with Crippen molar-refractivity contribution < 1.29 is 25.6 Å². The Morgan fingerprint density at radius 3 is 2.33 bits per heavy atom. The lowest BCUT2D eigenvalue weighted by atomic mass is 9.98. The molecule has 7 heteroatoms. The first-order chi connectivity index (χ1) is 16.4. The number of carbonyl (C=O) groups excluding carboxylic acids is 2. The summed E-state index contributed by atoms with van der Waals surface area (Å²) in [6.07, 6.45) is 1.91. The Bertz CT molecular complexity index is 967. The highest BCUT2D eigenvalue weighted by atomic mass is 16.5. The first-order valence-electron chi connectivity index (χ1n) is 12.0. The van der Waals surface area contributed by atoms with E-state index in [4.69, 9.17) is 11.2 Å². The SMILES string of the molecule is [3H]CC(=O)N(CC(=O)O)C[C@@H](C)CCCCNC(=O)OCC1c2ccccc2-c2ccccc21. The molecule has 0 spiro atoms. The number of hydrogen-bond acceptors (Lipinski definition) is 4. The van der Waals surface area contributed by atoms with Gasteiger partial charge in [0.15, 0.2) is 0 Å². The molecule has 0 radical (unpaired) electrons. The number of benzene rings is 2. The molecule has 0 heterocycles. The Morgan fingerprint density at radius 2 is 1.73 bits per heavy atom. The molecule has 1 aliphatic carbocycles. The van der Waals surface area contributed by atoms with E-state index in [2.05, 4.69) is 29.6 Å². The number of rotatable bonds is 11. The summed E-state index contributed by atoms with van der Waals surface area (Å²) < 4.78 is 12.7. The van der Waals surface area contributed by atoms with E-state index in [0.717, 1.165) is 19.3 Å². The van der Waals surface area contributed by atoms with Gasteiger partial charge in [0.05, 0.1) is 0 Å². The third kappa shape index (κ3) is 6.57. The number of nitrogens with zero attached hydrogens (tertiary/aromatic N) is 1. The molecule has 2 aromatic carbocycles. The quantitative estimate of drug-likeness (QED) is 0.495. The van der Waals surface area contributed by atoms with Crippen molar-refractivity contribution in [2.45, 2.75) is 39.0 Å². The van der Waals surface area contributed by atoms with Gasteiger partial charge in [-0.2, -0.15) is 0 Å². The normalized spacial score (nSPS) is 13.4. The molecule has 2 amide bonds. The minimum atomic E-state index is -1.08. The summed E-state index contributed by atoms with van der Waals surface area (Å²) in [4.78, 5) is 36.1. The maximum absolute atomic E-state index is 12.2. The third-order valence-electron chi connectivity index (χ3n) is 5.95. The van der Waals surface area contributed by atoms with Crippen molar-refractivity contribution in [1.29, 1.82) is 0 Å². The highest BCUT2D eigenvalue weighted by Gasteiger charge is 2.28. The first-order valence-corrected chi connectivity index (χ1v) is 11.3. The predicted molar refractivity (Wildman–Crippen MR) is 126 cm³/mol. The van der Waals surface area contributed by atoms with Crippen LogP contribution in [0.4, 0.5) is 4.79 Å². The molecule has 0 unspecified atom stereocenters. The van der Waals surface area contributed by atoms with E-state index in [1.165, 1.54) is 27.2 Å². The molecule has 1 atom stereocenters. The molecule has 7 nitrogen and oxygen atoms in total. The van der Waals surface area contributed by atoms with Crippen LogP contribution in [0.5, 0.6) is 0 Å². The van der Waals surface area contributed by atoms with E-state index in [0.29, 0.717) is 13.1 Å². The van der Waals surface area contributed by atoms with Crippen LogP contribution in [-0.4, -0.2) is 54.2 Å². The van der Waals surface area contributed by atoms with Crippen LogP contribution in [0.3, 0.4) is 0 Å². The summed E-state index contributed by atoms with van der Waals surface area (Å²) in [5.74, 6) is -1.43. The Balaban J connectivity index is 1.37. The fourth-order valence-electron chi connectivity index (χ4n) is 4.34. The van der Waals surface area contributed by atoms with Crippen molar-refractivity contribution >= 4 is 18.0 Å². The topological polar surface area (TPSA) is 95.9 Å². The zero-order chi connectivity index (χ0) is 24.5. The highest BCUT2D eigenvalue weighted by molar-refractivity contribution is 5.80. The number of ether oxygens (including phenoxy) is 1. The number of unbranched alkanes of at least 4 members (excludes halogenated alkanes) is 1. The average Bonchev–Trinajstić information content (AvgIpc) is 3.15. The number of aliphatic carboxylic acids is 1. The summed E-state index contributed by atoms with van der Waals surface area (Å²) in [6, 6.07) is 16.4. The van der Waals surface area contributed by atoms with Crippen molar-refractivity contribution in [2.24, 2.45) is 5.92 Å². The lowest BCUT2D eigenvalue weighted by Gasteiger charge is -2.23. The van der Waals surface area contributed by atoms with Gasteiger partial charge in [-0.1, -0.05) is 61.9 Å². The lowest BCUT2D eigenvalue weighted by Crippen LogP contribution is -2.37. The van der Waals surface area contributed by atoms with Crippen LogP contribution in [-0.2, 0) is 14.3 Å². The van der Waals surface area contributed by atoms with E-state index in [1.54, 1.807) is 0 Å². The minimum Gasteiger partial charge on any atom is -0.480 e. The van der Waals surface area contributed by atoms with Crippen LogP contribution in [0.1, 0.15) is 51.5 Å². The maximum atomic E-state index is 12.2. The van der Waals surface area contributed by atoms with Gasteiger partial charge in [-0.05, 0) is 41.0 Å². The van der Waals surface area contributed by atoms with E-state index >= 15 is 0 Å². The minimum absolute atomic E-state index is 0.0270. The summed E-state index contributed by atoms with van der Waals surface area (Å²) in [7, 11) is 0. The molecule has 0 fully saturated rings. The van der Waals surface area contributed by atoms with Crippen LogP contribution in [0.2, 0.25) is 0 Å². The number of nitrogens with one attached hydrogen (secondary N) is 1. The average molecular weight is 455 g/mol. The maximum Gasteiger partial charge on any atom is 0.407 e. The molecule has 0 aromatic heterocycles. The molecule has 33 heavy (non-hydrogen) atoms. The van der Waals surface area contributed by atoms with E-state index < -0.39 is 24.9 Å². The Labute approximate surface area is 196 Å². The molecule has 1 aliphatic rings. The summed E-state index contributed by atoms with van der Waals surface area (Å²) in [5, 5.41) is 11.7. The summed E-state index contributed by atoms with van der Waals surface area (Å²) >= 11 is 0. The van der Waals surface area contributed by atoms with Crippen molar-refractivity contribution in [1.82, 2.24) is 10.2 Å². The largest absolute Gasteiger partial charge is 0.480 e. The van der Waals surface area contributed by atoms with Crippen LogP contribution in [0.15, 0.2) is 48.5 Å². The smallest absolute Gasteiger partial charge is 0.407 e. The summed E-state index contributed by atoms with van der Waals surface area (Å²) in [5.41, 5.74) is 4.72. The fraction of sp³-hybridized carbons (Fsp3) is 0.423. The molecule has 2 N–H and O–H groups in total. The van der Waals surface area contributed by atoms with E-state index in [-0.39, 0.29) is 25.0 Å². The monoisotopic (exact) mass is 454 g/mol. The van der Waals surface area contributed by atoms with Crippen LogP contribution in [0.25, 0.3) is 11.1 Å². The van der Waals surface area contributed by atoms with E-state index in [1.807, 2.05) is 31.2 Å². The number of hydrogen-bond donors (Lipinski definition) is 2. The fourth-order valence-corrected chi connectivity index (χ4v) is 4.34. The Hall–Kier alpha value is -3.35. The first kappa shape index (κ1) is 22.8. The molecule has 0 saturated heterocycles. The van der Waals surface area contributed by atoms with Gasteiger partial charge < -0.3 is 20.1 Å². The number of fused-ring (bicyclic) bond motifs is 3. The number of carbonyl (C=O) groups is 3. The third-order valence-corrected chi connectivity index (χ3v) is 5.95. The Morgan fingerprint density at radius 1 is 1.09 bits per heavy atom. The number of alkyl carbamates (subject to hydrolysis) is 1. The highest BCUT2D eigenvalue weighted by Crippen LogP contribution is 2.44. The number of carboxylic acid groups (broad SMARTS) is 1. The second-order valence-corrected chi connectivity index (χ2v) is 8.52. The number of amides is 2. The zero-order valence-corrected chi connectivity index (χ0v) is 19.0. The van der Waals surface area contributed by atoms with Gasteiger partial charge in [-0.15, -0.1) is 0 Å². The molecule has 3 rings (SSSR count). The zero-order valence-electron chi connectivity index (χ0n) is 20.0. The van der Waals surface area contributed by atoms with Gasteiger partial charge >= 0.3 is 12.1 Å². The van der Waals surface area contributed by atoms with Gasteiger partial charge in [0.2, 0.25) is 5.91 Å². The summed E-state index contributed by atoms with van der Waals surface area (Å²) in [6.45, 7) is 2.18. The lowest BCUT2D eigenvalue weighted by molar-refractivity contribution is -0.144. The standard InChI is InChI=1S/C26H32N2O5/c1-18(15-28(19(2)29)16-25(30)31)9-7-8-14-27-26(32)33-17-24-22-12-5-3-10-20(22)21-11-4-6-13-23(21)24/h3-6,10-13,18,24H,7-9,14-17H2,1-2H3,(H,27,32)(H,30,31)/t18-/m0/s1/i2T. The Kier molecular flexibility index (Phi) is 7.95. The van der Waals surface area contributed by atoms with Crippen molar-refractivity contribution in [3.8, 4) is 11.1 Å². The van der Waals surface area contributed by atoms with Gasteiger partial charge in [-0.3, -0.25) is 9.59 Å². The van der Waals surface area contributed by atoms with Gasteiger partial charge in [0.25, 0.3) is 0 Å². The second kappa shape index (κ2) is 11.5. The van der Waals surface area contributed by atoms with E-state index in [9.17, 15) is 14.4 Å². The number of carboxylic acids is 1. The van der Waals surface area contributed by atoms with Crippen molar-refractivity contribution in [3.05, 3.63) is 59.7 Å². The van der Waals surface area contributed by atoms with Crippen molar-refractivity contribution in [3.63, 3.8) is 0 Å². The van der Waals surface area contributed by atoms with Gasteiger partial charge in [0, 0.05) is 27.3 Å². The predicted octanol–water partition coefficient (Wildman–Crippen LogP) is 4.26. The molecule has 0 bridgehead atoms. The molecule has 176 valence electrons. The second-order valence-electron chi connectivity index (χ2n) is 8.52. The van der Waals surface area contributed by atoms with Crippen LogP contribution in [0, 0.1) is 5.92 Å². The molecule has 2 aromatic rings. The van der Waals surface area contributed by atoms with Crippen molar-refractivity contribution in [2.75, 3.05) is 26.2 Å². The molecular formula is C26H32N2O5.